The molecule has 3 aromatic rings. The van der Waals surface area contributed by atoms with Crippen molar-refractivity contribution in [1.82, 2.24) is 14.6 Å². The van der Waals surface area contributed by atoms with Gasteiger partial charge in [0.25, 0.3) is 5.56 Å². The highest BCUT2D eigenvalue weighted by molar-refractivity contribution is 5.43. The van der Waals surface area contributed by atoms with Crippen LogP contribution in [-0.4, -0.2) is 21.0 Å². The van der Waals surface area contributed by atoms with Crippen LogP contribution in [0.15, 0.2) is 41.3 Å². The Kier molecular flexibility index (Phi) is 3.55. The Balaban J connectivity index is 1.67. The quantitative estimate of drug-likeness (QED) is 0.785. The lowest BCUT2D eigenvalue weighted by atomic mass is 10.0. The topological polar surface area (TPSA) is 59.4 Å². The van der Waals surface area contributed by atoms with Crippen LogP contribution in [-0.2, 0) is 6.42 Å². The number of aromatic amines is 1. The molecule has 2 heterocycles. The van der Waals surface area contributed by atoms with E-state index in [4.69, 9.17) is 0 Å². The van der Waals surface area contributed by atoms with E-state index >= 15 is 0 Å². The second kappa shape index (κ2) is 5.65. The Labute approximate surface area is 140 Å². The highest BCUT2D eigenvalue weighted by Gasteiger charge is 2.31. The highest BCUT2D eigenvalue weighted by atomic mass is 19.4. The maximum Gasteiger partial charge on any atom is 0.573 e. The standard InChI is InChI=1S/C17H14F3N3O2/c18-17(19,20)25-12-5-1-10(2-6-12)9-13-15(11-3-4-11)22-14-7-8-21-23(14)16(13)24/h1-2,5-8,11,21H,3-4,9H2. The van der Waals surface area contributed by atoms with Crippen LogP contribution in [0.3, 0.4) is 0 Å². The molecule has 0 spiro atoms. The van der Waals surface area contributed by atoms with E-state index in [-0.39, 0.29) is 17.2 Å². The summed E-state index contributed by atoms with van der Waals surface area (Å²) in [5, 5.41) is 2.83. The molecule has 1 N–H and O–H groups in total. The third-order valence-electron chi connectivity index (χ3n) is 4.17. The van der Waals surface area contributed by atoms with Crippen molar-refractivity contribution in [1.29, 1.82) is 0 Å². The first-order valence-corrected chi connectivity index (χ1v) is 7.84. The zero-order chi connectivity index (χ0) is 17.6. The number of nitrogens with zero attached hydrogens (tertiary/aromatic N) is 2. The number of hydrogen-bond acceptors (Lipinski definition) is 3. The summed E-state index contributed by atoms with van der Waals surface area (Å²) in [6, 6.07) is 7.29. The first kappa shape index (κ1) is 15.7. The summed E-state index contributed by atoms with van der Waals surface area (Å²) in [5.74, 6) is 0.00349. The van der Waals surface area contributed by atoms with Crippen molar-refractivity contribution in [2.75, 3.05) is 0 Å². The number of aromatic nitrogens is 3. The van der Waals surface area contributed by atoms with Gasteiger partial charge >= 0.3 is 6.36 Å². The monoisotopic (exact) mass is 349 g/mol. The van der Waals surface area contributed by atoms with E-state index in [0.29, 0.717) is 17.6 Å². The Morgan fingerprint density at radius 1 is 1.20 bits per heavy atom. The molecule has 25 heavy (non-hydrogen) atoms. The molecule has 0 amide bonds. The summed E-state index contributed by atoms with van der Waals surface area (Å²) in [7, 11) is 0. The van der Waals surface area contributed by atoms with Gasteiger partial charge in [-0.15, -0.1) is 13.2 Å². The number of hydrogen-bond donors (Lipinski definition) is 1. The van der Waals surface area contributed by atoms with Gasteiger partial charge in [-0.25, -0.2) is 9.50 Å². The predicted octanol–water partition coefficient (Wildman–Crippen LogP) is 3.39. The van der Waals surface area contributed by atoms with Crippen LogP contribution in [0.4, 0.5) is 13.2 Å². The van der Waals surface area contributed by atoms with Gasteiger partial charge in [0.15, 0.2) is 5.65 Å². The van der Waals surface area contributed by atoms with E-state index in [1.54, 1.807) is 12.3 Å². The molecule has 0 radical (unpaired) electrons. The van der Waals surface area contributed by atoms with Crippen molar-refractivity contribution in [3.63, 3.8) is 0 Å². The van der Waals surface area contributed by atoms with Gasteiger partial charge in [0, 0.05) is 30.2 Å². The minimum absolute atomic E-state index is 0.174. The van der Waals surface area contributed by atoms with Gasteiger partial charge in [0.1, 0.15) is 5.75 Å². The molecule has 0 aliphatic heterocycles. The number of benzene rings is 1. The Hall–Kier alpha value is -2.77. The number of fused-ring (bicyclic) bond motifs is 1. The van der Waals surface area contributed by atoms with Gasteiger partial charge in [0.05, 0.1) is 5.69 Å². The van der Waals surface area contributed by atoms with Gasteiger partial charge in [-0.1, -0.05) is 12.1 Å². The predicted molar refractivity (Wildman–Crippen MR) is 83.7 cm³/mol. The van der Waals surface area contributed by atoms with Crippen molar-refractivity contribution in [3.05, 3.63) is 63.7 Å². The molecule has 1 aliphatic rings. The van der Waals surface area contributed by atoms with Crippen LogP contribution >= 0.6 is 0 Å². The van der Waals surface area contributed by atoms with E-state index in [1.165, 1.54) is 28.8 Å². The number of rotatable bonds is 4. The Morgan fingerprint density at radius 2 is 1.92 bits per heavy atom. The van der Waals surface area contributed by atoms with Crippen molar-refractivity contribution in [2.24, 2.45) is 0 Å². The fraction of sp³-hybridized carbons (Fsp3) is 0.294. The lowest BCUT2D eigenvalue weighted by molar-refractivity contribution is -0.274. The smallest absolute Gasteiger partial charge is 0.406 e. The van der Waals surface area contributed by atoms with Crippen molar-refractivity contribution in [2.45, 2.75) is 31.5 Å². The van der Waals surface area contributed by atoms with Gasteiger partial charge < -0.3 is 4.74 Å². The first-order chi connectivity index (χ1) is 11.9. The Morgan fingerprint density at radius 3 is 2.56 bits per heavy atom. The van der Waals surface area contributed by atoms with E-state index in [2.05, 4.69) is 14.8 Å². The maximum absolute atomic E-state index is 12.7. The molecule has 1 fully saturated rings. The molecule has 0 unspecified atom stereocenters. The third kappa shape index (κ3) is 3.24. The molecule has 130 valence electrons. The van der Waals surface area contributed by atoms with Crippen LogP contribution < -0.4 is 10.3 Å². The molecule has 0 bridgehead atoms. The lowest BCUT2D eigenvalue weighted by Crippen LogP contribution is -2.23. The molecule has 5 nitrogen and oxygen atoms in total. The summed E-state index contributed by atoms with van der Waals surface area (Å²) in [6.07, 6.45) is -0.766. The minimum Gasteiger partial charge on any atom is -0.406 e. The van der Waals surface area contributed by atoms with E-state index < -0.39 is 6.36 Å². The summed E-state index contributed by atoms with van der Waals surface area (Å²) in [6.45, 7) is 0. The highest BCUT2D eigenvalue weighted by Crippen LogP contribution is 2.40. The van der Waals surface area contributed by atoms with Crippen LogP contribution in [0.2, 0.25) is 0 Å². The van der Waals surface area contributed by atoms with Crippen molar-refractivity contribution < 1.29 is 17.9 Å². The largest absolute Gasteiger partial charge is 0.573 e. The zero-order valence-corrected chi connectivity index (χ0v) is 13.0. The van der Waals surface area contributed by atoms with Gasteiger partial charge in [0.2, 0.25) is 0 Å². The second-order valence-corrected chi connectivity index (χ2v) is 6.08. The maximum atomic E-state index is 12.7. The van der Waals surface area contributed by atoms with Crippen LogP contribution in [0.5, 0.6) is 5.75 Å². The minimum atomic E-state index is -4.72. The first-order valence-electron chi connectivity index (χ1n) is 7.84. The number of ether oxygens (including phenoxy) is 1. The molecular weight excluding hydrogens is 335 g/mol. The van der Waals surface area contributed by atoms with Crippen molar-refractivity contribution >= 4 is 5.65 Å². The number of nitrogens with one attached hydrogen (secondary N) is 1. The lowest BCUT2D eigenvalue weighted by Gasteiger charge is -2.11. The van der Waals surface area contributed by atoms with Crippen LogP contribution in [0.25, 0.3) is 5.65 Å². The molecule has 1 aromatic carbocycles. The van der Waals surface area contributed by atoms with Crippen molar-refractivity contribution in [3.8, 4) is 5.75 Å². The second-order valence-electron chi connectivity index (χ2n) is 6.08. The summed E-state index contributed by atoms with van der Waals surface area (Å²) >= 11 is 0. The average Bonchev–Trinajstić information content (AvgIpc) is 3.28. The molecule has 1 aliphatic carbocycles. The fourth-order valence-electron chi connectivity index (χ4n) is 2.89. The van der Waals surface area contributed by atoms with Gasteiger partial charge in [-0.2, -0.15) is 0 Å². The molecular formula is C17H14F3N3O2. The summed E-state index contributed by atoms with van der Waals surface area (Å²) < 4.78 is 41.9. The van der Waals surface area contributed by atoms with Crippen LogP contribution in [0, 0.1) is 0 Å². The molecule has 1 saturated carbocycles. The van der Waals surface area contributed by atoms with Crippen LogP contribution in [0.1, 0.15) is 35.6 Å². The molecule has 0 atom stereocenters. The molecule has 2 aromatic heterocycles. The fourth-order valence-corrected chi connectivity index (χ4v) is 2.89. The number of H-pyrrole nitrogens is 1. The summed E-state index contributed by atoms with van der Waals surface area (Å²) in [4.78, 5) is 17.3. The Bertz CT molecular complexity index is 969. The molecule has 4 rings (SSSR count). The van der Waals surface area contributed by atoms with E-state index in [0.717, 1.165) is 24.1 Å². The normalized spacial score (nSPS) is 14.8. The summed E-state index contributed by atoms with van der Waals surface area (Å²) in [5.41, 5.74) is 2.49. The third-order valence-corrected chi connectivity index (χ3v) is 4.17. The average molecular weight is 349 g/mol. The SMILES string of the molecule is O=c1c(Cc2ccc(OC(F)(F)F)cc2)c(C2CC2)nc2cc[nH]n12. The van der Waals surface area contributed by atoms with Gasteiger partial charge in [-0.3, -0.25) is 9.89 Å². The van der Waals surface area contributed by atoms with E-state index in [1.807, 2.05) is 0 Å². The molecule has 0 saturated heterocycles. The van der Waals surface area contributed by atoms with E-state index in [9.17, 15) is 18.0 Å². The molecule has 8 heteroatoms. The van der Waals surface area contributed by atoms with Gasteiger partial charge in [-0.05, 0) is 30.5 Å². The number of halogens is 3. The zero-order valence-electron chi connectivity index (χ0n) is 13.0. The number of alkyl halides is 3.